The first kappa shape index (κ1) is 24.0. The molecule has 2 aliphatic heterocycles. The van der Waals surface area contributed by atoms with E-state index in [4.69, 9.17) is 20.2 Å². The average molecular weight is 516 g/mol. The van der Waals surface area contributed by atoms with Crippen molar-refractivity contribution in [3.05, 3.63) is 64.0 Å². The summed E-state index contributed by atoms with van der Waals surface area (Å²) in [5, 5.41) is 12.6. The molecule has 0 saturated heterocycles. The number of imidazole rings is 1. The first-order chi connectivity index (χ1) is 18.4. The van der Waals surface area contributed by atoms with E-state index < -0.39 is 5.97 Å². The zero-order chi connectivity index (χ0) is 26.4. The molecule has 3 aromatic heterocycles. The Morgan fingerprint density at radius 2 is 2.16 bits per heavy atom. The topological polar surface area (TPSA) is 153 Å². The third kappa shape index (κ3) is 4.33. The highest BCUT2D eigenvalue weighted by atomic mass is 16.4. The van der Waals surface area contributed by atoms with Crippen LogP contribution in [-0.2, 0) is 24.3 Å². The Hall–Kier alpha value is -4.41. The third-order valence-corrected chi connectivity index (χ3v) is 7.37. The van der Waals surface area contributed by atoms with Crippen LogP contribution in [0.15, 0.2) is 61.4 Å². The van der Waals surface area contributed by atoms with Gasteiger partial charge in [-0.1, -0.05) is 18.2 Å². The summed E-state index contributed by atoms with van der Waals surface area (Å²) >= 11 is 0. The number of amidine groups is 1. The first-order valence-electron chi connectivity index (χ1n) is 12.8. The third-order valence-electron chi connectivity index (χ3n) is 7.37. The smallest absolute Gasteiger partial charge is 0.336 e. The molecular formula is C27H29N7O4. The molecule has 0 radical (unpaired) electrons. The Morgan fingerprint density at radius 1 is 1.32 bits per heavy atom. The summed E-state index contributed by atoms with van der Waals surface area (Å²) in [7, 11) is 0. The minimum atomic E-state index is -0.996. The number of aromatic nitrogens is 3. The first-order valence-corrected chi connectivity index (χ1v) is 12.8. The van der Waals surface area contributed by atoms with Crippen LogP contribution in [0.25, 0.3) is 11.2 Å². The molecule has 3 aromatic rings. The highest BCUT2D eigenvalue weighted by Gasteiger charge is 2.29. The number of hydrogen-bond donors (Lipinski definition) is 3. The lowest BCUT2D eigenvalue weighted by Crippen LogP contribution is -2.26. The number of nitrogen functional groups attached to an aromatic ring is 1. The number of furan rings is 1. The lowest BCUT2D eigenvalue weighted by molar-refractivity contribution is -0.132. The van der Waals surface area contributed by atoms with Gasteiger partial charge in [0.2, 0.25) is 0 Å². The van der Waals surface area contributed by atoms with Crippen molar-refractivity contribution in [3.63, 3.8) is 0 Å². The Bertz CT molecular complexity index is 1590. The molecule has 3 aliphatic rings. The van der Waals surface area contributed by atoms with E-state index in [1.807, 2.05) is 16.7 Å². The van der Waals surface area contributed by atoms with Gasteiger partial charge in [-0.05, 0) is 50.2 Å². The number of carboxylic acid groups (broad SMARTS) is 1. The van der Waals surface area contributed by atoms with Gasteiger partial charge in [0.25, 0.3) is 0 Å². The maximum atomic E-state index is 13.8. The molecule has 0 aromatic carbocycles. The Balaban J connectivity index is 1.36. The van der Waals surface area contributed by atoms with Crippen molar-refractivity contribution in [1.29, 1.82) is 0 Å². The molecule has 11 nitrogen and oxygen atoms in total. The van der Waals surface area contributed by atoms with Crippen molar-refractivity contribution in [3.8, 4) is 0 Å². The number of rotatable bonds is 8. The van der Waals surface area contributed by atoms with Crippen LogP contribution in [0.3, 0.4) is 0 Å². The maximum absolute atomic E-state index is 13.8. The van der Waals surface area contributed by atoms with Crippen LogP contribution < -0.4 is 16.7 Å². The Morgan fingerprint density at radius 3 is 2.84 bits per heavy atom. The highest BCUT2D eigenvalue weighted by Crippen LogP contribution is 2.36. The molecule has 4 N–H and O–H groups in total. The van der Waals surface area contributed by atoms with Crippen molar-refractivity contribution in [1.82, 2.24) is 14.1 Å². The lowest BCUT2D eigenvalue weighted by Gasteiger charge is -2.17. The highest BCUT2D eigenvalue weighted by molar-refractivity contribution is 6.11. The number of carbonyl (C=O) groups is 1. The van der Waals surface area contributed by atoms with Crippen molar-refractivity contribution in [2.24, 2.45) is 15.9 Å². The van der Waals surface area contributed by atoms with Crippen LogP contribution in [0.4, 0.5) is 11.5 Å². The van der Waals surface area contributed by atoms with E-state index in [9.17, 15) is 9.59 Å². The second-order valence-corrected chi connectivity index (χ2v) is 10.00. The van der Waals surface area contributed by atoms with Gasteiger partial charge >= 0.3 is 11.7 Å². The van der Waals surface area contributed by atoms with Crippen LogP contribution in [-0.4, -0.2) is 49.8 Å². The van der Waals surface area contributed by atoms with Crippen LogP contribution in [0.1, 0.15) is 37.0 Å². The number of fused-ring (bicyclic) bond motifs is 3. The summed E-state index contributed by atoms with van der Waals surface area (Å²) in [5.41, 5.74) is 10.2. The zero-order valence-corrected chi connectivity index (χ0v) is 20.9. The summed E-state index contributed by atoms with van der Waals surface area (Å²) in [6.07, 6.45) is 8.36. The number of nitrogens with two attached hydrogens (primary N) is 1. The van der Waals surface area contributed by atoms with E-state index in [1.165, 1.54) is 6.21 Å². The van der Waals surface area contributed by atoms with E-state index in [0.29, 0.717) is 67.9 Å². The zero-order valence-electron chi connectivity index (χ0n) is 20.9. The number of anilines is 2. The predicted molar refractivity (Wildman–Crippen MR) is 145 cm³/mol. The maximum Gasteiger partial charge on any atom is 0.336 e. The van der Waals surface area contributed by atoms with Crippen LogP contribution in [0.2, 0.25) is 0 Å². The normalized spacial score (nSPS) is 18.9. The van der Waals surface area contributed by atoms with Gasteiger partial charge in [0.15, 0.2) is 17.2 Å². The van der Waals surface area contributed by atoms with Crippen LogP contribution >= 0.6 is 0 Å². The summed E-state index contributed by atoms with van der Waals surface area (Å²) in [6, 6.07) is 3.43. The standard InChI is InChI=1S/C27H29N7O4/c1-15(19-7-6-17(13-30-19)26(35)36)9-11-33-25-22(34(27(33)37)14-16-4-5-16)21-18(23(28)32-25)8-10-29-24(31-21)20-3-2-12-38-20/h2-3,6,12-13,16,19H,1,4-5,7-11,14H2,(H2,28,32)(H,29,31)(H,35,36). The average Bonchev–Trinajstić information content (AvgIpc) is 3.56. The summed E-state index contributed by atoms with van der Waals surface area (Å²) in [4.78, 5) is 38.7. The fraction of sp³-hybridized carbons (Fsp3) is 0.370. The van der Waals surface area contributed by atoms with E-state index in [1.54, 1.807) is 16.9 Å². The number of aliphatic imine (C=N–C) groups is 2. The number of aliphatic carboxylic acids is 1. The van der Waals surface area contributed by atoms with Crippen molar-refractivity contribution in [2.45, 2.75) is 51.2 Å². The van der Waals surface area contributed by atoms with Gasteiger partial charge in [0.1, 0.15) is 11.3 Å². The summed E-state index contributed by atoms with van der Waals surface area (Å²) in [6.45, 7) is 5.67. The molecule has 1 aliphatic carbocycles. The van der Waals surface area contributed by atoms with Gasteiger partial charge in [-0.15, -0.1) is 0 Å². The molecule has 0 spiro atoms. The van der Waals surface area contributed by atoms with Crippen molar-refractivity contribution in [2.75, 3.05) is 17.6 Å². The molecule has 5 heterocycles. The lowest BCUT2D eigenvalue weighted by atomic mass is 9.99. The number of pyridine rings is 1. The van der Waals surface area contributed by atoms with Crippen molar-refractivity contribution < 1.29 is 14.3 Å². The van der Waals surface area contributed by atoms with Gasteiger partial charge in [-0.25, -0.2) is 14.6 Å². The number of nitrogens with one attached hydrogen (secondary N) is 1. The Labute approximate surface area is 218 Å². The summed E-state index contributed by atoms with van der Waals surface area (Å²) < 4.78 is 9.08. The molecule has 1 fully saturated rings. The van der Waals surface area contributed by atoms with E-state index in [2.05, 4.69) is 21.9 Å². The molecule has 1 saturated carbocycles. The SMILES string of the molecule is C=C(CCn1c(=O)n(CC2CC2)c2c3c(c(N)nc21)CCN=C(c1ccco1)N3)C1CC=C(C(=O)O)C=N1. The quantitative estimate of drug-likeness (QED) is 0.390. The number of aryl methyl sites for hydroxylation is 1. The molecule has 196 valence electrons. The van der Waals surface area contributed by atoms with Gasteiger partial charge in [-0.3, -0.25) is 19.1 Å². The van der Waals surface area contributed by atoms with E-state index >= 15 is 0 Å². The minimum absolute atomic E-state index is 0.136. The second kappa shape index (κ2) is 9.47. The fourth-order valence-corrected chi connectivity index (χ4v) is 5.06. The monoisotopic (exact) mass is 515 g/mol. The Kier molecular flexibility index (Phi) is 5.97. The van der Waals surface area contributed by atoms with Crippen LogP contribution in [0.5, 0.6) is 0 Å². The van der Waals surface area contributed by atoms with Gasteiger partial charge in [0.05, 0.1) is 23.6 Å². The van der Waals surface area contributed by atoms with E-state index in [-0.39, 0.29) is 17.3 Å². The molecule has 11 heteroatoms. The molecular weight excluding hydrogens is 486 g/mol. The fourth-order valence-electron chi connectivity index (χ4n) is 5.06. The van der Waals surface area contributed by atoms with Gasteiger partial charge in [-0.2, -0.15) is 0 Å². The van der Waals surface area contributed by atoms with Gasteiger partial charge < -0.3 is 20.6 Å². The van der Waals surface area contributed by atoms with E-state index in [0.717, 1.165) is 35.2 Å². The number of dihydropyridines is 1. The molecule has 1 atom stereocenters. The molecule has 6 rings (SSSR count). The largest absolute Gasteiger partial charge is 0.478 e. The molecule has 38 heavy (non-hydrogen) atoms. The van der Waals surface area contributed by atoms with Crippen molar-refractivity contribution >= 4 is 40.7 Å². The minimum Gasteiger partial charge on any atom is -0.478 e. The number of carboxylic acids is 1. The predicted octanol–water partition coefficient (Wildman–Crippen LogP) is 3.00. The second-order valence-electron chi connectivity index (χ2n) is 10.00. The molecule has 0 bridgehead atoms. The molecule has 0 amide bonds. The summed E-state index contributed by atoms with van der Waals surface area (Å²) in [5.74, 6) is 1.04. The van der Waals surface area contributed by atoms with Crippen LogP contribution in [0, 0.1) is 5.92 Å². The molecule has 1 unspecified atom stereocenters. The number of nitrogens with zero attached hydrogens (tertiary/aromatic N) is 5. The van der Waals surface area contributed by atoms with Gasteiger partial charge in [0, 0.05) is 31.4 Å². The number of hydrogen-bond acceptors (Lipinski definition) is 8.